The van der Waals surface area contributed by atoms with Gasteiger partial charge in [0.2, 0.25) is 0 Å². The van der Waals surface area contributed by atoms with Gasteiger partial charge in [0, 0.05) is 53.6 Å². The van der Waals surface area contributed by atoms with Gasteiger partial charge in [-0.25, -0.2) is 19.9 Å². The zero-order chi connectivity index (χ0) is 31.2. The highest BCUT2D eigenvalue weighted by Crippen LogP contribution is 2.30. The fourth-order valence-electron chi connectivity index (χ4n) is 3.98. The van der Waals surface area contributed by atoms with Gasteiger partial charge in [0.1, 0.15) is 0 Å². The van der Waals surface area contributed by atoms with Crippen molar-refractivity contribution in [1.29, 1.82) is 0 Å². The minimum absolute atomic E-state index is 0.0306. The second-order valence-electron chi connectivity index (χ2n) is 10.3. The van der Waals surface area contributed by atoms with E-state index in [9.17, 15) is 9.59 Å². The van der Waals surface area contributed by atoms with E-state index in [1.54, 1.807) is 29.7 Å². The Hall–Kier alpha value is -3.10. The highest BCUT2D eigenvalue weighted by Gasteiger charge is 2.28. The van der Waals surface area contributed by atoms with Crippen LogP contribution in [0.2, 0.25) is 0 Å². The topological polar surface area (TPSA) is 137 Å². The molecule has 2 heterocycles. The van der Waals surface area contributed by atoms with Gasteiger partial charge in [-0.3, -0.25) is 9.59 Å². The van der Waals surface area contributed by atoms with Gasteiger partial charge in [-0.05, 0) is 62.6 Å². The van der Waals surface area contributed by atoms with E-state index in [2.05, 4.69) is 19.9 Å². The molecular formula is C30H39N5O6S2. The molecule has 0 unspecified atom stereocenters. The molecule has 3 rings (SSSR count). The van der Waals surface area contributed by atoms with Gasteiger partial charge < -0.3 is 24.2 Å². The highest BCUT2D eigenvalue weighted by molar-refractivity contribution is 7.98. The smallest absolute Gasteiger partial charge is 0.305 e. The van der Waals surface area contributed by atoms with Crippen LogP contribution in [0.1, 0.15) is 37.6 Å². The number of ether oxygens (including phenoxy) is 3. The highest BCUT2D eigenvalue weighted by atomic mass is 32.2. The summed E-state index contributed by atoms with van der Waals surface area (Å²) in [4.78, 5) is 44.0. The van der Waals surface area contributed by atoms with Gasteiger partial charge in [-0.2, -0.15) is 0 Å². The van der Waals surface area contributed by atoms with Gasteiger partial charge in [-0.15, -0.1) is 0 Å². The van der Waals surface area contributed by atoms with Crippen LogP contribution in [-0.2, 0) is 19.0 Å². The molecule has 0 fully saturated rings. The second-order valence-corrected chi connectivity index (χ2v) is 11.9. The Kier molecular flexibility index (Phi) is 13.8. The molecule has 0 aliphatic carbocycles. The van der Waals surface area contributed by atoms with Crippen molar-refractivity contribution < 1.29 is 28.9 Å². The maximum atomic E-state index is 14.0. The summed E-state index contributed by atoms with van der Waals surface area (Å²) in [5.41, 5.74) is 3.29. The van der Waals surface area contributed by atoms with Crippen LogP contribution >= 0.6 is 23.5 Å². The van der Waals surface area contributed by atoms with Gasteiger partial charge in [0.05, 0.1) is 46.1 Å². The van der Waals surface area contributed by atoms with E-state index in [0.29, 0.717) is 55.5 Å². The van der Waals surface area contributed by atoms with Gasteiger partial charge in [0.25, 0.3) is 5.91 Å². The SMILES string of the molecule is CSc1ncc(-c2cc(C(=O)N(CCOCCOCCOCCC(=O)O)C(C)(C)C)cc(-c3cnc(SC)nc3)c2)cn1. The van der Waals surface area contributed by atoms with Crippen LogP contribution < -0.4 is 0 Å². The molecule has 1 amide bonds. The third kappa shape index (κ3) is 11.2. The first-order valence-electron chi connectivity index (χ1n) is 13.8. The van der Waals surface area contributed by atoms with Crippen molar-refractivity contribution in [1.82, 2.24) is 24.8 Å². The van der Waals surface area contributed by atoms with E-state index < -0.39 is 11.5 Å². The molecule has 1 aromatic carbocycles. The molecule has 0 radical (unpaired) electrons. The normalized spacial score (nSPS) is 11.5. The van der Waals surface area contributed by atoms with Crippen LogP contribution in [0.5, 0.6) is 0 Å². The number of carbonyl (C=O) groups excluding carboxylic acids is 1. The van der Waals surface area contributed by atoms with Crippen molar-refractivity contribution in [2.45, 2.75) is 43.0 Å². The molecule has 1 N–H and O–H groups in total. The average Bonchev–Trinajstić information content (AvgIpc) is 3.00. The number of rotatable bonds is 17. The van der Waals surface area contributed by atoms with Gasteiger partial charge in [-0.1, -0.05) is 23.5 Å². The third-order valence-corrected chi connectivity index (χ3v) is 7.34. The Labute approximate surface area is 261 Å². The van der Waals surface area contributed by atoms with Crippen LogP contribution in [0.25, 0.3) is 22.3 Å². The van der Waals surface area contributed by atoms with E-state index in [1.165, 1.54) is 23.5 Å². The van der Waals surface area contributed by atoms with E-state index in [0.717, 1.165) is 22.3 Å². The lowest BCUT2D eigenvalue weighted by atomic mass is 9.96. The lowest BCUT2D eigenvalue weighted by Crippen LogP contribution is -2.47. The van der Waals surface area contributed by atoms with E-state index in [1.807, 2.05) is 51.5 Å². The first kappa shape index (κ1) is 34.4. The molecule has 0 atom stereocenters. The summed E-state index contributed by atoms with van der Waals surface area (Å²) in [7, 11) is 0. The molecule has 0 aliphatic rings. The first-order valence-corrected chi connectivity index (χ1v) is 16.2. The predicted molar refractivity (Wildman–Crippen MR) is 168 cm³/mol. The second kappa shape index (κ2) is 17.3. The summed E-state index contributed by atoms with van der Waals surface area (Å²) in [6.45, 7) is 8.26. The van der Waals surface area contributed by atoms with Crippen LogP contribution in [0.15, 0.2) is 53.3 Å². The number of aliphatic carboxylic acids is 1. The quantitative estimate of drug-likeness (QED) is 0.125. The van der Waals surface area contributed by atoms with Crippen molar-refractivity contribution >= 4 is 35.4 Å². The standard InChI is InChI=1S/C30H39N5O6S2/c1-30(2,3)35(7-9-40-11-13-41-12-10-39-8-6-26(36)37)27(38)23-15-21(24-17-31-28(42-4)32-18-24)14-22(16-23)25-19-33-29(43-5)34-20-25/h14-20H,6-13H2,1-5H3,(H,36,37). The summed E-state index contributed by atoms with van der Waals surface area (Å²) >= 11 is 2.93. The van der Waals surface area contributed by atoms with Crippen molar-refractivity contribution in [2.75, 3.05) is 58.7 Å². The molecular weight excluding hydrogens is 590 g/mol. The molecule has 0 saturated heterocycles. The minimum Gasteiger partial charge on any atom is -0.481 e. The largest absolute Gasteiger partial charge is 0.481 e. The lowest BCUT2D eigenvalue weighted by Gasteiger charge is -2.36. The number of carbonyl (C=O) groups is 2. The molecule has 0 spiro atoms. The average molecular weight is 630 g/mol. The number of aromatic nitrogens is 4. The van der Waals surface area contributed by atoms with Crippen LogP contribution in [0, 0.1) is 0 Å². The Morgan fingerprint density at radius 1 is 0.721 bits per heavy atom. The maximum Gasteiger partial charge on any atom is 0.305 e. The summed E-state index contributed by atoms with van der Waals surface area (Å²) in [5.74, 6) is -1.02. The maximum absolute atomic E-state index is 14.0. The summed E-state index contributed by atoms with van der Waals surface area (Å²) in [5, 5.41) is 9.96. The number of amides is 1. The minimum atomic E-state index is -0.892. The molecule has 13 heteroatoms. The van der Waals surface area contributed by atoms with Gasteiger partial charge in [0.15, 0.2) is 10.3 Å². The van der Waals surface area contributed by atoms with Crippen molar-refractivity contribution in [3.63, 3.8) is 0 Å². The Balaban J connectivity index is 1.71. The predicted octanol–water partition coefficient (Wildman–Crippen LogP) is 4.81. The zero-order valence-corrected chi connectivity index (χ0v) is 26.9. The summed E-state index contributed by atoms with van der Waals surface area (Å²) in [6, 6.07) is 5.73. The van der Waals surface area contributed by atoms with Crippen molar-refractivity contribution in [3.8, 4) is 22.3 Å². The molecule has 3 aromatic rings. The number of thioether (sulfide) groups is 2. The molecule has 232 valence electrons. The number of carboxylic acids is 1. The summed E-state index contributed by atoms with van der Waals surface area (Å²) in [6.07, 6.45) is 10.9. The molecule has 43 heavy (non-hydrogen) atoms. The molecule has 11 nitrogen and oxygen atoms in total. The molecule has 0 bridgehead atoms. The lowest BCUT2D eigenvalue weighted by molar-refractivity contribution is -0.138. The zero-order valence-electron chi connectivity index (χ0n) is 25.2. The number of hydrogen-bond donors (Lipinski definition) is 1. The monoisotopic (exact) mass is 629 g/mol. The van der Waals surface area contributed by atoms with Crippen LogP contribution in [0.4, 0.5) is 0 Å². The Morgan fingerprint density at radius 3 is 1.58 bits per heavy atom. The van der Waals surface area contributed by atoms with Crippen LogP contribution in [0.3, 0.4) is 0 Å². The Bertz CT molecular complexity index is 1250. The van der Waals surface area contributed by atoms with Crippen molar-refractivity contribution in [2.24, 2.45) is 0 Å². The van der Waals surface area contributed by atoms with Crippen molar-refractivity contribution in [3.05, 3.63) is 48.5 Å². The van der Waals surface area contributed by atoms with E-state index in [-0.39, 0.29) is 18.9 Å². The third-order valence-electron chi connectivity index (χ3n) is 6.19. The number of hydrogen-bond acceptors (Lipinski definition) is 11. The number of nitrogens with zero attached hydrogens (tertiary/aromatic N) is 5. The fraction of sp³-hybridized carbons (Fsp3) is 0.467. The first-order chi connectivity index (χ1) is 20.6. The fourth-order valence-corrected chi connectivity index (χ4v) is 4.61. The summed E-state index contributed by atoms with van der Waals surface area (Å²) < 4.78 is 16.4. The molecule has 0 aliphatic heterocycles. The molecule has 0 saturated carbocycles. The van der Waals surface area contributed by atoms with Crippen LogP contribution in [-0.4, -0.2) is 106 Å². The van der Waals surface area contributed by atoms with E-state index >= 15 is 0 Å². The van der Waals surface area contributed by atoms with Gasteiger partial charge >= 0.3 is 5.97 Å². The number of carboxylic acid groups (broad SMARTS) is 1. The van der Waals surface area contributed by atoms with E-state index in [4.69, 9.17) is 19.3 Å². The number of benzene rings is 1. The molecule has 2 aromatic heterocycles. The Morgan fingerprint density at radius 2 is 1.16 bits per heavy atom.